The maximum absolute atomic E-state index is 14.1. The number of alkyl halides is 9. The van der Waals surface area contributed by atoms with Gasteiger partial charge in [0.05, 0.1) is 12.8 Å². The average Bonchev–Trinajstić information content (AvgIpc) is 2.55. The van der Waals surface area contributed by atoms with Crippen molar-refractivity contribution in [1.29, 1.82) is 0 Å². The van der Waals surface area contributed by atoms with Crippen molar-refractivity contribution in [3.8, 4) is 11.5 Å². The van der Waals surface area contributed by atoms with Gasteiger partial charge in [-0.05, 0) is 35.4 Å². The van der Waals surface area contributed by atoms with Crippen molar-refractivity contribution >= 4 is 7.60 Å². The molecular formula is C18H12F11O3P. The quantitative estimate of drug-likeness (QED) is 0.285. The van der Waals surface area contributed by atoms with Crippen molar-refractivity contribution in [2.75, 3.05) is 6.16 Å². The van der Waals surface area contributed by atoms with Crippen molar-refractivity contribution in [3.63, 3.8) is 0 Å². The van der Waals surface area contributed by atoms with Crippen LogP contribution in [0.2, 0.25) is 0 Å². The first-order valence-corrected chi connectivity index (χ1v) is 10.3. The maximum atomic E-state index is 14.1. The summed E-state index contributed by atoms with van der Waals surface area (Å²) >= 11 is 0. The highest BCUT2D eigenvalue weighted by Crippen LogP contribution is 2.53. The van der Waals surface area contributed by atoms with Gasteiger partial charge in [-0.25, -0.2) is 13.3 Å². The van der Waals surface area contributed by atoms with E-state index in [4.69, 9.17) is 0 Å². The first-order chi connectivity index (χ1) is 14.8. The standard InChI is InChI=1S/C18H12F11O3P/c19-12-5-10(7-16(21,22)23)1-3-14(12)31-33(30,9-18(27,28)29)32-15-4-2-11(6-13(15)20)8-17(24,25)26/h1-6H,7-9H2. The highest BCUT2D eigenvalue weighted by molar-refractivity contribution is 7.54. The lowest BCUT2D eigenvalue weighted by Gasteiger charge is -2.22. The third kappa shape index (κ3) is 9.10. The Morgan fingerprint density at radius 1 is 0.636 bits per heavy atom. The van der Waals surface area contributed by atoms with E-state index in [9.17, 15) is 52.9 Å². The molecule has 3 nitrogen and oxygen atoms in total. The van der Waals surface area contributed by atoms with Gasteiger partial charge >= 0.3 is 26.1 Å². The fourth-order valence-corrected chi connectivity index (χ4v) is 4.02. The Morgan fingerprint density at radius 3 is 1.27 bits per heavy atom. The molecule has 0 saturated carbocycles. The highest BCUT2D eigenvalue weighted by Gasteiger charge is 2.44. The summed E-state index contributed by atoms with van der Waals surface area (Å²) in [6.07, 6.45) is -20.2. The van der Waals surface area contributed by atoms with Gasteiger partial charge in [0, 0.05) is 0 Å². The van der Waals surface area contributed by atoms with Crippen LogP contribution < -0.4 is 9.05 Å². The SMILES string of the molecule is O=P(CC(F)(F)F)(Oc1ccc(CC(F)(F)F)cc1F)Oc1ccc(CC(F)(F)F)cc1F. The monoisotopic (exact) mass is 516 g/mol. The lowest BCUT2D eigenvalue weighted by molar-refractivity contribution is -0.128. The van der Waals surface area contributed by atoms with E-state index in [1.54, 1.807) is 0 Å². The van der Waals surface area contributed by atoms with Gasteiger partial charge in [-0.15, -0.1) is 0 Å². The van der Waals surface area contributed by atoms with E-state index in [-0.39, 0.29) is 12.1 Å². The second-order valence-electron chi connectivity index (χ2n) is 6.68. The summed E-state index contributed by atoms with van der Waals surface area (Å²) in [5.74, 6) is -5.57. The van der Waals surface area contributed by atoms with Gasteiger partial charge in [-0.1, -0.05) is 12.1 Å². The van der Waals surface area contributed by atoms with Crippen molar-refractivity contribution in [1.82, 2.24) is 0 Å². The third-order valence-electron chi connectivity index (χ3n) is 3.65. The second-order valence-corrected chi connectivity index (χ2v) is 8.58. The normalized spacial score (nSPS) is 13.2. The molecule has 0 saturated heterocycles. The number of benzene rings is 2. The van der Waals surface area contributed by atoms with Crippen molar-refractivity contribution in [2.45, 2.75) is 31.4 Å². The molecule has 0 unspecified atom stereocenters. The van der Waals surface area contributed by atoms with E-state index in [0.29, 0.717) is 24.3 Å². The zero-order chi connectivity index (χ0) is 25.2. The Balaban J connectivity index is 2.33. The minimum Gasteiger partial charge on any atom is -0.413 e. The molecule has 0 bridgehead atoms. The molecule has 33 heavy (non-hydrogen) atoms. The molecule has 0 aromatic heterocycles. The fraction of sp³-hybridized carbons (Fsp3) is 0.333. The molecule has 0 amide bonds. The summed E-state index contributed by atoms with van der Waals surface area (Å²) in [5, 5.41) is 0. The molecule has 2 aromatic carbocycles. The number of hydrogen-bond acceptors (Lipinski definition) is 3. The van der Waals surface area contributed by atoms with E-state index >= 15 is 0 Å². The molecule has 0 atom stereocenters. The molecule has 0 spiro atoms. The topological polar surface area (TPSA) is 35.5 Å². The summed E-state index contributed by atoms with van der Waals surface area (Å²) in [6.45, 7) is 0. The summed E-state index contributed by atoms with van der Waals surface area (Å²) in [4.78, 5) is 0. The van der Waals surface area contributed by atoms with Crippen molar-refractivity contribution in [2.24, 2.45) is 0 Å². The predicted molar refractivity (Wildman–Crippen MR) is 92.1 cm³/mol. The van der Waals surface area contributed by atoms with Gasteiger partial charge in [-0.2, -0.15) is 39.5 Å². The third-order valence-corrected chi connectivity index (χ3v) is 5.35. The fourth-order valence-electron chi connectivity index (χ4n) is 2.52. The lowest BCUT2D eigenvalue weighted by atomic mass is 10.1. The largest absolute Gasteiger partial charge is 0.440 e. The van der Waals surface area contributed by atoms with Crippen LogP contribution in [0, 0.1) is 11.6 Å². The summed E-state index contributed by atoms with van der Waals surface area (Å²) < 4.78 is 163. The molecule has 2 rings (SSSR count). The minimum absolute atomic E-state index is 0.285. The molecule has 2 aromatic rings. The Labute approximate surface area is 178 Å². The second kappa shape index (κ2) is 9.40. The van der Waals surface area contributed by atoms with E-state index in [1.807, 2.05) is 0 Å². The Kier molecular flexibility index (Phi) is 7.62. The Morgan fingerprint density at radius 2 is 1.00 bits per heavy atom. The van der Waals surface area contributed by atoms with E-state index in [1.165, 1.54) is 0 Å². The lowest BCUT2D eigenvalue weighted by Crippen LogP contribution is -2.20. The minimum atomic E-state index is -5.50. The number of hydrogen-bond donors (Lipinski definition) is 0. The average molecular weight is 516 g/mol. The molecule has 15 heteroatoms. The summed E-state index contributed by atoms with van der Waals surface area (Å²) in [6, 6.07) is 2.82. The van der Waals surface area contributed by atoms with Crippen LogP contribution in [0.1, 0.15) is 11.1 Å². The first-order valence-electron chi connectivity index (χ1n) is 8.59. The molecule has 0 aliphatic rings. The highest BCUT2D eigenvalue weighted by atomic mass is 31.2. The van der Waals surface area contributed by atoms with Crippen molar-refractivity contribution < 1.29 is 61.9 Å². The van der Waals surface area contributed by atoms with Crippen LogP contribution in [-0.2, 0) is 17.4 Å². The molecule has 0 fully saturated rings. The molecule has 0 aliphatic carbocycles. The summed E-state index contributed by atoms with van der Waals surface area (Å²) in [7, 11) is -5.50. The molecular weight excluding hydrogens is 504 g/mol. The zero-order valence-corrected chi connectivity index (χ0v) is 16.8. The van der Waals surface area contributed by atoms with Crippen LogP contribution in [-0.4, -0.2) is 24.7 Å². The smallest absolute Gasteiger partial charge is 0.413 e. The van der Waals surface area contributed by atoms with Crippen LogP contribution in [0.15, 0.2) is 36.4 Å². The number of rotatable bonds is 7. The Bertz CT molecular complexity index is 957. The maximum Gasteiger partial charge on any atom is 0.440 e. The molecule has 0 N–H and O–H groups in total. The van der Waals surface area contributed by atoms with Crippen LogP contribution in [0.5, 0.6) is 11.5 Å². The van der Waals surface area contributed by atoms with Gasteiger partial charge in [0.1, 0.15) is 0 Å². The molecule has 0 radical (unpaired) electrons. The summed E-state index contributed by atoms with van der Waals surface area (Å²) in [5.41, 5.74) is -1.24. The molecule has 184 valence electrons. The van der Waals surface area contributed by atoms with Gasteiger partial charge in [-0.3, -0.25) is 0 Å². The van der Waals surface area contributed by atoms with E-state index in [2.05, 4.69) is 9.05 Å². The van der Waals surface area contributed by atoms with E-state index in [0.717, 1.165) is 0 Å². The predicted octanol–water partition coefficient (Wildman–Crippen LogP) is 7.39. The van der Waals surface area contributed by atoms with Crippen LogP contribution in [0.25, 0.3) is 0 Å². The van der Waals surface area contributed by atoms with Gasteiger partial charge in [0.2, 0.25) is 0 Å². The van der Waals surface area contributed by atoms with Crippen LogP contribution in [0.3, 0.4) is 0 Å². The number of halogens is 11. The van der Waals surface area contributed by atoms with E-state index < -0.39 is 79.4 Å². The van der Waals surface area contributed by atoms with Crippen LogP contribution >= 0.6 is 7.60 Å². The first kappa shape index (κ1) is 26.7. The zero-order valence-electron chi connectivity index (χ0n) is 15.9. The molecule has 0 aliphatic heterocycles. The van der Waals surface area contributed by atoms with Gasteiger partial charge in [0.25, 0.3) is 0 Å². The van der Waals surface area contributed by atoms with Gasteiger partial charge < -0.3 is 9.05 Å². The molecule has 0 heterocycles. The van der Waals surface area contributed by atoms with Gasteiger partial charge in [0.15, 0.2) is 29.3 Å². The van der Waals surface area contributed by atoms with Crippen LogP contribution in [0.4, 0.5) is 48.3 Å². The Hall–Kier alpha value is -2.50. The van der Waals surface area contributed by atoms with Crippen molar-refractivity contribution in [3.05, 3.63) is 59.2 Å².